The largest absolute Gasteiger partial charge is 0.351 e. The summed E-state index contributed by atoms with van der Waals surface area (Å²) in [6, 6.07) is 16.8. The molecule has 1 fully saturated rings. The first-order valence-corrected chi connectivity index (χ1v) is 10.6. The maximum absolute atomic E-state index is 12.2. The van der Waals surface area contributed by atoms with Crippen LogP contribution in [0.25, 0.3) is 0 Å². The second-order valence-electron chi connectivity index (χ2n) is 7.13. The van der Waals surface area contributed by atoms with Crippen LogP contribution in [-0.2, 0) is 17.9 Å². The van der Waals surface area contributed by atoms with E-state index in [-0.39, 0.29) is 5.91 Å². The quantitative estimate of drug-likeness (QED) is 0.736. The van der Waals surface area contributed by atoms with Gasteiger partial charge in [0.25, 0.3) is 0 Å². The molecule has 1 aliphatic rings. The third-order valence-corrected chi connectivity index (χ3v) is 6.00. The van der Waals surface area contributed by atoms with E-state index in [1.165, 1.54) is 49.0 Å². The highest BCUT2D eigenvalue weighted by molar-refractivity contribution is 8.00. The number of carbonyl (C=O) groups is 1. The zero-order chi connectivity index (χ0) is 18.2. The predicted molar refractivity (Wildman–Crippen MR) is 108 cm³/mol. The van der Waals surface area contributed by atoms with Crippen molar-refractivity contribution >= 4 is 17.7 Å². The number of benzene rings is 2. The molecule has 0 saturated carbocycles. The number of aryl methyl sites for hydroxylation is 1. The van der Waals surface area contributed by atoms with Crippen molar-refractivity contribution < 1.29 is 9.69 Å². The van der Waals surface area contributed by atoms with Gasteiger partial charge in [-0.05, 0) is 43.9 Å². The lowest BCUT2D eigenvalue weighted by molar-refractivity contribution is -0.918. The Balaban J connectivity index is 1.49. The number of hydrogen-bond acceptors (Lipinski definition) is 2. The molecule has 0 unspecified atom stereocenters. The van der Waals surface area contributed by atoms with E-state index in [1.54, 1.807) is 16.7 Å². The fraction of sp³-hybridized carbons (Fsp3) is 0.409. The third-order valence-electron chi connectivity index (χ3n) is 4.99. The van der Waals surface area contributed by atoms with Gasteiger partial charge < -0.3 is 10.2 Å². The van der Waals surface area contributed by atoms with Crippen LogP contribution in [0.4, 0.5) is 0 Å². The summed E-state index contributed by atoms with van der Waals surface area (Å²) >= 11 is 1.59. The molecule has 4 heteroatoms. The van der Waals surface area contributed by atoms with Crippen LogP contribution in [-0.4, -0.2) is 24.7 Å². The molecule has 2 aromatic carbocycles. The highest BCUT2D eigenvalue weighted by Gasteiger charge is 2.15. The second-order valence-corrected chi connectivity index (χ2v) is 8.18. The monoisotopic (exact) mass is 369 g/mol. The molecule has 0 spiro atoms. The van der Waals surface area contributed by atoms with Crippen molar-refractivity contribution in [2.45, 2.75) is 44.2 Å². The summed E-state index contributed by atoms with van der Waals surface area (Å²) < 4.78 is 0. The van der Waals surface area contributed by atoms with E-state index in [4.69, 9.17) is 0 Å². The number of amides is 1. The Morgan fingerprint density at radius 2 is 1.69 bits per heavy atom. The van der Waals surface area contributed by atoms with E-state index >= 15 is 0 Å². The maximum Gasteiger partial charge on any atom is 0.230 e. The van der Waals surface area contributed by atoms with Gasteiger partial charge in [-0.3, -0.25) is 4.79 Å². The lowest BCUT2D eigenvalue weighted by Gasteiger charge is -2.24. The van der Waals surface area contributed by atoms with Gasteiger partial charge in [-0.25, -0.2) is 0 Å². The number of quaternary nitrogens is 1. The zero-order valence-corrected chi connectivity index (χ0v) is 16.4. The molecule has 0 bridgehead atoms. The lowest BCUT2D eigenvalue weighted by atomic mass is 10.0. The predicted octanol–water partition coefficient (Wildman–Crippen LogP) is 2.97. The molecule has 3 nitrogen and oxygen atoms in total. The first kappa shape index (κ1) is 19.0. The highest BCUT2D eigenvalue weighted by Crippen LogP contribution is 2.18. The summed E-state index contributed by atoms with van der Waals surface area (Å²) in [5.74, 6) is 0.554. The molecule has 1 saturated heterocycles. The van der Waals surface area contributed by atoms with Crippen LogP contribution in [0.15, 0.2) is 53.4 Å². The molecule has 1 aliphatic heterocycles. The van der Waals surface area contributed by atoms with E-state index in [1.807, 2.05) is 0 Å². The van der Waals surface area contributed by atoms with Crippen molar-refractivity contribution in [1.82, 2.24) is 5.32 Å². The Bertz CT molecular complexity index is 708. The average molecular weight is 370 g/mol. The molecule has 0 atom stereocenters. The molecule has 0 radical (unpaired) electrons. The fourth-order valence-corrected chi connectivity index (χ4v) is 4.16. The van der Waals surface area contributed by atoms with Gasteiger partial charge in [-0.1, -0.05) is 42.0 Å². The average Bonchev–Trinajstić information content (AvgIpc) is 2.68. The molecular weight excluding hydrogens is 340 g/mol. The van der Waals surface area contributed by atoms with E-state index in [0.29, 0.717) is 12.3 Å². The molecular formula is C22H29N2OS+. The number of thioether (sulfide) groups is 1. The number of likely N-dealkylation sites (tertiary alicyclic amines) is 1. The topological polar surface area (TPSA) is 33.5 Å². The van der Waals surface area contributed by atoms with Crippen LogP contribution in [0.1, 0.15) is 36.0 Å². The number of piperidine rings is 1. The van der Waals surface area contributed by atoms with Gasteiger partial charge >= 0.3 is 0 Å². The summed E-state index contributed by atoms with van der Waals surface area (Å²) in [5, 5.41) is 3.09. The van der Waals surface area contributed by atoms with Crippen molar-refractivity contribution in [3.05, 3.63) is 65.2 Å². The minimum Gasteiger partial charge on any atom is -0.351 e. The van der Waals surface area contributed by atoms with Crippen LogP contribution < -0.4 is 10.2 Å². The Morgan fingerprint density at radius 3 is 2.42 bits per heavy atom. The van der Waals surface area contributed by atoms with Gasteiger partial charge in [-0.15, -0.1) is 11.8 Å². The standard InChI is InChI=1S/C22H28N2OS/c1-18-9-11-21(12-10-18)26-17-22(25)23-15-19-7-3-4-8-20(19)16-24-13-5-2-6-14-24/h3-4,7-12H,2,5-6,13-17H2,1H3,(H,23,25)/p+1. The third kappa shape index (κ3) is 5.89. The van der Waals surface area contributed by atoms with Crippen molar-refractivity contribution in [2.75, 3.05) is 18.8 Å². The van der Waals surface area contributed by atoms with Crippen LogP contribution in [0.2, 0.25) is 0 Å². The lowest BCUT2D eigenvalue weighted by Crippen LogP contribution is -3.11. The normalized spacial score (nSPS) is 15.0. The number of rotatable bonds is 7. The number of hydrogen-bond donors (Lipinski definition) is 2. The summed E-state index contributed by atoms with van der Waals surface area (Å²) in [6.07, 6.45) is 4.05. The van der Waals surface area contributed by atoms with Crippen LogP contribution in [0.5, 0.6) is 0 Å². The first-order chi connectivity index (χ1) is 12.7. The molecule has 138 valence electrons. The smallest absolute Gasteiger partial charge is 0.230 e. The molecule has 0 aromatic heterocycles. The van der Waals surface area contributed by atoms with E-state index in [9.17, 15) is 4.79 Å². The molecule has 3 rings (SSSR count). The van der Waals surface area contributed by atoms with Gasteiger partial charge in [0.05, 0.1) is 18.8 Å². The van der Waals surface area contributed by atoms with Gasteiger partial charge in [0.15, 0.2) is 0 Å². The van der Waals surface area contributed by atoms with Crippen LogP contribution in [0.3, 0.4) is 0 Å². The molecule has 1 amide bonds. The summed E-state index contributed by atoms with van der Waals surface area (Å²) in [4.78, 5) is 15.0. The summed E-state index contributed by atoms with van der Waals surface area (Å²) in [6.45, 7) is 6.31. The van der Waals surface area contributed by atoms with Crippen molar-refractivity contribution in [3.8, 4) is 0 Å². The van der Waals surface area contributed by atoms with Crippen LogP contribution in [0, 0.1) is 6.92 Å². The minimum atomic E-state index is 0.0932. The molecule has 26 heavy (non-hydrogen) atoms. The maximum atomic E-state index is 12.2. The van der Waals surface area contributed by atoms with Crippen molar-refractivity contribution in [3.63, 3.8) is 0 Å². The second kappa shape index (κ2) is 9.79. The Morgan fingerprint density at radius 1 is 1.00 bits per heavy atom. The van der Waals surface area contributed by atoms with E-state index in [2.05, 4.69) is 60.8 Å². The van der Waals surface area contributed by atoms with Gasteiger partial charge in [0.1, 0.15) is 6.54 Å². The summed E-state index contributed by atoms with van der Waals surface area (Å²) in [7, 11) is 0. The minimum absolute atomic E-state index is 0.0932. The molecule has 0 aliphatic carbocycles. The van der Waals surface area contributed by atoms with Gasteiger partial charge in [0.2, 0.25) is 5.91 Å². The Labute approximate surface area is 161 Å². The Kier molecular flexibility index (Phi) is 7.15. The molecule has 1 heterocycles. The van der Waals surface area contributed by atoms with Crippen LogP contribution >= 0.6 is 11.8 Å². The van der Waals surface area contributed by atoms with Gasteiger partial charge in [-0.2, -0.15) is 0 Å². The summed E-state index contributed by atoms with van der Waals surface area (Å²) in [5.41, 5.74) is 3.86. The van der Waals surface area contributed by atoms with E-state index < -0.39 is 0 Å². The fourth-order valence-electron chi connectivity index (χ4n) is 3.43. The molecule has 2 N–H and O–H groups in total. The zero-order valence-electron chi connectivity index (χ0n) is 15.6. The SMILES string of the molecule is Cc1ccc(SCC(=O)NCc2ccccc2C[NH+]2CCCCC2)cc1. The Hall–Kier alpha value is -1.78. The van der Waals surface area contributed by atoms with E-state index in [0.717, 1.165) is 11.4 Å². The van der Waals surface area contributed by atoms with Gasteiger partial charge in [0, 0.05) is 17.0 Å². The van der Waals surface area contributed by atoms with Crippen molar-refractivity contribution in [1.29, 1.82) is 0 Å². The number of nitrogens with one attached hydrogen (secondary N) is 2. The first-order valence-electron chi connectivity index (χ1n) is 9.57. The number of carbonyl (C=O) groups excluding carboxylic acids is 1. The van der Waals surface area contributed by atoms with Crippen molar-refractivity contribution in [2.24, 2.45) is 0 Å². The highest BCUT2D eigenvalue weighted by atomic mass is 32.2. The molecule has 2 aromatic rings.